The molecule has 0 saturated carbocycles. The molecule has 0 radical (unpaired) electrons. The molecule has 0 aromatic heterocycles. The summed E-state index contributed by atoms with van der Waals surface area (Å²) < 4.78 is 0. The fraction of sp³-hybridized carbons (Fsp3) is 0.809. The minimum absolute atomic E-state index is 0.494. The lowest BCUT2D eigenvalue weighted by Crippen LogP contribution is -2.22. The van der Waals surface area contributed by atoms with Crippen LogP contribution in [0.4, 0.5) is 0 Å². The van der Waals surface area contributed by atoms with Crippen LogP contribution < -0.4 is 0 Å². The number of aliphatic imine (C=N–C) groups is 2. The highest BCUT2D eigenvalue weighted by atomic mass is 15.0. The van der Waals surface area contributed by atoms with Crippen LogP contribution >= 0.6 is 0 Å². The average Bonchev–Trinajstić information content (AvgIpc) is 3.66. The predicted molar refractivity (Wildman–Crippen MR) is 221 cm³/mol. The lowest BCUT2D eigenvalue weighted by molar-refractivity contribution is 0.284. The topological polar surface area (TPSA) is 24.7 Å². The minimum atomic E-state index is 0.494. The second-order valence-electron chi connectivity index (χ2n) is 15.8. The van der Waals surface area contributed by atoms with Gasteiger partial charge in [0.2, 0.25) is 6.17 Å². The maximum atomic E-state index is 4.78. The molecule has 0 fully saturated rings. The van der Waals surface area contributed by atoms with Gasteiger partial charge in [0.05, 0.1) is 5.92 Å². The van der Waals surface area contributed by atoms with E-state index in [0.717, 1.165) is 12.6 Å². The van der Waals surface area contributed by atoms with Gasteiger partial charge < -0.3 is 0 Å². The molecule has 0 aliphatic carbocycles. The predicted octanol–water partition coefficient (Wildman–Crippen LogP) is 16.0. The Labute approximate surface area is 307 Å². The first-order valence-corrected chi connectivity index (χ1v) is 22.3. The van der Waals surface area contributed by atoms with E-state index in [-0.39, 0.29) is 0 Å². The minimum Gasteiger partial charge on any atom is -0.0965 e. The summed E-state index contributed by atoms with van der Waals surface area (Å²) in [5.74, 6) is 1.14. The first-order valence-electron chi connectivity index (χ1n) is 22.3. The van der Waals surface area contributed by atoms with E-state index in [2.05, 4.69) is 44.2 Å². The molecule has 2 unspecified atom stereocenters. The van der Waals surface area contributed by atoms with Gasteiger partial charge >= 0.3 is 0 Å². The van der Waals surface area contributed by atoms with Crippen LogP contribution in [0, 0.1) is 18.0 Å². The van der Waals surface area contributed by atoms with E-state index in [1.165, 1.54) is 217 Å². The van der Waals surface area contributed by atoms with Crippen LogP contribution in [0.1, 0.15) is 231 Å². The summed E-state index contributed by atoms with van der Waals surface area (Å²) in [4.78, 5) is 9.56. The summed E-state index contributed by atoms with van der Waals surface area (Å²) >= 11 is 0. The number of unbranched alkanes of at least 4 members (excludes halogenated alkanes) is 29. The van der Waals surface area contributed by atoms with E-state index >= 15 is 0 Å². The second kappa shape index (κ2) is 33.6. The molecule has 2 atom stereocenters. The Morgan fingerprint density at radius 3 is 1.10 bits per heavy atom. The maximum Gasteiger partial charge on any atom is 0.244 e. The Bertz CT molecular complexity index is 848. The Kier molecular flexibility index (Phi) is 29.9. The fourth-order valence-electron chi connectivity index (χ4n) is 8.07. The third kappa shape index (κ3) is 25.1. The van der Waals surface area contributed by atoms with E-state index in [9.17, 15) is 0 Å². The van der Waals surface area contributed by atoms with Gasteiger partial charge in [0.15, 0.2) is 12.4 Å². The molecule has 0 saturated heterocycles. The Hall–Kier alpha value is -1.57. The van der Waals surface area contributed by atoms with E-state index in [1.807, 2.05) is 12.4 Å². The van der Waals surface area contributed by atoms with Crippen LogP contribution in [-0.4, -0.2) is 12.4 Å². The summed E-state index contributed by atoms with van der Waals surface area (Å²) in [6.07, 6.45) is 53.0. The number of benzene rings is 1. The van der Waals surface area contributed by atoms with Gasteiger partial charge in [0.1, 0.15) is 0 Å². The molecule has 1 heterocycles. The fourth-order valence-corrected chi connectivity index (χ4v) is 8.07. The van der Waals surface area contributed by atoms with Gasteiger partial charge in [-0.15, -0.1) is 0 Å². The SMILES string of the molecule is CCCCCCCCCCCCCCCCCCCC([C+]1N=CC=N1)C(CCCCCCCCCCCCCCCC)Cc1ccccc1. The van der Waals surface area contributed by atoms with Gasteiger partial charge in [-0.05, 0) is 30.7 Å². The Balaban J connectivity index is 1.60. The van der Waals surface area contributed by atoms with Crippen molar-refractivity contribution in [2.45, 2.75) is 232 Å². The van der Waals surface area contributed by atoms with Crippen LogP contribution in [0.5, 0.6) is 0 Å². The largest absolute Gasteiger partial charge is 0.244 e. The van der Waals surface area contributed by atoms with Gasteiger partial charge in [-0.2, -0.15) is 0 Å². The summed E-state index contributed by atoms with van der Waals surface area (Å²) in [5, 5.41) is 0. The van der Waals surface area contributed by atoms with Crippen LogP contribution in [0.15, 0.2) is 40.3 Å². The van der Waals surface area contributed by atoms with Gasteiger partial charge in [-0.25, -0.2) is 0 Å². The highest BCUT2D eigenvalue weighted by Gasteiger charge is 2.35. The van der Waals surface area contributed by atoms with Gasteiger partial charge in [0, 0.05) is 0 Å². The quantitative estimate of drug-likeness (QED) is 0.0495. The second-order valence-corrected chi connectivity index (χ2v) is 15.8. The molecular formula is C47H83N2+. The lowest BCUT2D eigenvalue weighted by atomic mass is 9.78. The molecular weight excluding hydrogens is 593 g/mol. The van der Waals surface area contributed by atoms with Crippen molar-refractivity contribution in [3.63, 3.8) is 0 Å². The van der Waals surface area contributed by atoms with Crippen molar-refractivity contribution in [3.8, 4) is 0 Å². The van der Waals surface area contributed by atoms with Gasteiger partial charge in [-0.1, -0.05) is 253 Å². The molecule has 0 amide bonds. The first kappa shape index (κ1) is 43.6. The van der Waals surface area contributed by atoms with Crippen molar-refractivity contribution < 1.29 is 0 Å². The summed E-state index contributed by atoms with van der Waals surface area (Å²) in [6, 6.07) is 11.2. The lowest BCUT2D eigenvalue weighted by Gasteiger charge is -2.26. The highest BCUT2D eigenvalue weighted by molar-refractivity contribution is 6.18. The number of hydrogen-bond donors (Lipinski definition) is 0. The van der Waals surface area contributed by atoms with Crippen molar-refractivity contribution >= 4 is 12.4 Å². The Morgan fingerprint density at radius 1 is 0.408 bits per heavy atom. The van der Waals surface area contributed by atoms with Crippen molar-refractivity contribution in [2.24, 2.45) is 21.8 Å². The molecule has 49 heavy (non-hydrogen) atoms. The maximum absolute atomic E-state index is 4.78. The van der Waals surface area contributed by atoms with E-state index < -0.39 is 0 Å². The van der Waals surface area contributed by atoms with Crippen LogP contribution in [0.2, 0.25) is 0 Å². The van der Waals surface area contributed by atoms with Gasteiger partial charge in [-0.3, -0.25) is 0 Å². The standard InChI is InChI=1S/C47H83N2/c1-3-5-7-9-11-13-15-17-19-20-21-23-25-27-29-31-36-40-46(47-48-41-42-49-47)45(43-44-37-33-32-34-38-44)39-35-30-28-26-24-22-18-16-14-12-10-8-6-4-2/h32-34,37-38,41-42,45-46H,3-31,35-36,39-40,43H2,1-2H3/q+1. The molecule has 1 aromatic rings. The molecule has 1 aliphatic heterocycles. The molecule has 280 valence electrons. The van der Waals surface area contributed by atoms with Crippen LogP contribution in [0.3, 0.4) is 0 Å². The monoisotopic (exact) mass is 676 g/mol. The van der Waals surface area contributed by atoms with E-state index in [4.69, 9.17) is 9.98 Å². The first-order chi connectivity index (χ1) is 24.3. The molecule has 1 aliphatic rings. The summed E-state index contributed by atoms with van der Waals surface area (Å²) in [6.45, 7) is 4.62. The van der Waals surface area contributed by atoms with Crippen molar-refractivity contribution in [1.29, 1.82) is 0 Å². The molecule has 2 nitrogen and oxygen atoms in total. The van der Waals surface area contributed by atoms with Crippen molar-refractivity contribution in [3.05, 3.63) is 42.1 Å². The normalized spacial score (nSPS) is 13.9. The third-order valence-electron chi connectivity index (χ3n) is 11.3. The van der Waals surface area contributed by atoms with Gasteiger partial charge in [0.25, 0.3) is 0 Å². The summed E-state index contributed by atoms with van der Waals surface area (Å²) in [5.41, 5.74) is 1.48. The highest BCUT2D eigenvalue weighted by Crippen LogP contribution is 2.37. The van der Waals surface area contributed by atoms with Crippen LogP contribution in [-0.2, 0) is 6.42 Å². The molecule has 2 heteroatoms. The number of nitrogens with zero attached hydrogens (tertiary/aromatic N) is 2. The Morgan fingerprint density at radius 2 is 0.735 bits per heavy atom. The molecule has 0 N–H and O–H groups in total. The number of hydrogen-bond acceptors (Lipinski definition) is 2. The number of rotatable bonds is 37. The zero-order valence-electron chi connectivity index (χ0n) is 33.1. The summed E-state index contributed by atoms with van der Waals surface area (Å²) in [7, 11) is 0. The molecule has 1 aromatic carbocycles. The van der Waals surface area contributed by atoms with E-state index in [0.29, 0.717) is 11.8 Å². The molecule has 2 rings (SSSR count). The van der Waals surface area contributed by atoms with Crippen LogP contribution in [0.25, 0.3) is 0 Å². The zero-order chi connectivity index (χ0) is 34.7. The third-order valence-corrected chi connectivity index (χ3v) is 11.3. The van der Waals surface area contributed by atoms with E-state index in [1.54, 1.807) is 0 Å². The molecule has 0 spiro atoms. The molecule has 0 bridgehead atoms. The average molecular weight is 676 g/mol. The zero-order valence-corrected chi connectivity index (χ0v) is 33.1. The smallest absolute Gasteiger partial charge is 0.0965 e. The van der Waals surface area contributed by atoms with Crippen molar-refractivity contribution in [2.75, 3.05) is 0 Å². The van der Waals surface area contributed by atoms with Crippen molar-refractivity contribution in [1.82, 2.24) is 0 Å².